The van der Waals surface area contributed by atoms with Crippen LogP contribution in [0.1, 0.15) is 31.0 Å². The second-order valence-electron chi connectivity index (χ2n) is 11.1. The van der Waals surface area contributed by atoms with E-state index in [1.807, 2.05) is 19.1 Å². The lowest BCUT2D eigenvalue weighted by Crippen LogP contribution is -2.43. The number of β-amino-alcohol motifs (C(OH)–C–C–N with tert-alkyl or cyclic N) is 1. The molecule has 0 radical (unpaired) electrons. The summed E-state index contributed by atoms with van der Waals surface area (Å²) in [6.45, 7) is 6.89. The number of hydrogen-bond acceptors (Lipinski definition) is 8. The molecular weight excluding hydrogens is 502 g/mol. The Hall–Kier alpha value is -2.65. The number of halogens is 1. The quantitative estimate of drug-likeness (QED) is 0.525. The maximum atomic E-state index is 10.9. The lowest BCUT2D eigenvalue weighted by atomic mass is 10.0. The topological polar surface area (TPSA) is 74.2 Å². The first kappa shape index (κ1) is 25.6. The molecule has 0 amide bonds. The summed E-state index contributed by atoms with van der Waals surface area (Å²) >= 11 is 6.67. The van der Waals surface area contributed by atoms with Crippen molar-refractivity contribution in [2.75, 3.05) is 62.8 Å². The van der Waals surface area contributed by atoms with Crippen LogP contribution in [-0.2, 0) is 17.7 Å². The van der Waals surface area contributed by atoms with Gasteiger partial charge in [0.1, 0.15) is 18.0 Å². The van der Waals surface area contributed by atoms with Crippen LogP contribution in [-0.4, -0.2) is 84.7 Å². The molecule has 8 nitrogen and oxygen atoms in total. The van der Waals surface area contributed by atoms with E-state index in [0.29, 0.717) is 51.5 Å². The Bertz CT molecular complexity index is 1310. The normalized spacial score (nSPS) is 24.5. The van der Waals surface area contributed by atoms with Gasteiger partial charge in [0.05, 0.1) is 37.0 Å². The fourth-order valence-corrected chi connectivity index (χ4v) is 6.28. The van der Waals surface area contributed by atoms with E-state index in [9.17, 15) is 5.11 Å². The van der Waals surface area contributed by atoms with Crippen molar-refractivity contribution in [3.05, 3.63) is 52.7 Å². The number of fused-ring (bicyclic) bond motifs is 2. The third-order valence-electron chi connectivity index (χ3n) is 8.02. The molecule has 3 aliphatic rings. The number of benzene rings is 2. The SMILES string of the molecule is CN1CCC[C@H]1COc1nc2c(c(N3CCOCC(C)(O)C3)n1)CCN(c1cccc3cccc(Cl)c13)C2. The van der Waals surface area contributed by atoms with Crippen LogP contribution in [0, 0.1) is 0 Å². The Morgan fingerprint density at radius 2 is 1.97 bits per heavy atom. The van der Waals surface area contributed by atoms with Crippen molar-refractivity contribution in [1.29, 1.82) is 0 Å². The van der Waals surface area contributed by atoms with Crippen molar-refractivity contribution >= 4 is 33.9 Å². The highest BCUT2D eigenvalue weighted by atomic mass is 35.5. The molecule has 0 saturated carbocycles. The summed E-state index contributed by atoms with van der Waals surface area (Å²) in [4.78, 5) is 16.7. The molecule has 1 aromatic heterocycles. The Balaban J connectivity index is 1.36. The average Bonchev–Trinajstić information content (AvgIpc) is 3.23. The molecule has 202 valence electrons. The summed E-state index contributed by atoms with van der Waals surface area (Å²) in [7, 11) is 2.15. The molecule has 1 unspecified atom stereocenters. The first-order valence-corrected chi connectivity index (χ1v) is 14.0. The van der Waals surface area contributed by atoms with Crippen molar-refractivity contribution in [1.82, 2.24) is 14.9 Å². The number of aromatic nitrogens is 2. The number of anilines is 2. The van der Waals surface area contributed by atoms with Gasteiger partial charge >= 0.3 is 6.01 Å². The van der Waals surface area contributed by atoms with E-state index in [4.69, 9.17) is 31.0 Å². The number of likely N-dealkylation sites (tertiary alicyclic amines) is 1. The van der Waals surface area contributed by atoms with E-state index in [2.05, 4.69) is 46.0 Å². The Kier molecular flexibility index (Phi) is 7.07. The fraction of sp³-hybridized carbons (Fsp3) is 0.517. The van der Waals surface area contributed by atoms with Gasteiger partial charge in [-0.15, -0.1) is 0 Å². The van der Waals surface area contributed by atoms with E-state index in [1.165, 1.54) is 6.42 Å². The van der Waals surface area contributed by atoms with Gasteiger partial charge in [-0.2, -0.15) is 9.97 Å². The van der Waals surface area contributed by atoms with Crippen molar-refractivity contribution in [3.63, 3.8) is 0 Å². The summed E-state index contributed by atoms with van der Waals surface area (Å²) in [5.41, 5.74) is 2.24. The predicted molar refractivity (Wildman–Crippen MR) is 151 cm³/mol. The summed E-state index contributed by atoms with van der Waals surface area (Å²) in [6, 6.07) is 13.1. The van der Waals surface area contributed by atoms with Gasteiger partial charge in [-0.1, -0.05) is 35.9 Å². The van der Waals surface area contributed by atoms with E-state index < -0.39 is 5.60 Å². The zero-order valence-electron chi connectivity index (χ0n) is 22.2. The zero-order valence-corrected chi connectivity index (χ0v) is 23.0. The third kappa shape index (κ3) is 5.15. The number of likely N-dealkylation sites (N-methyl/N-ethyl adjacent to an activating group) is 1. The third-order valence-corrected chi connectivity index (χ3v) is 8.34. The molecule has 2 saturated heterocycles. The molecule has 38 heavy (non-hydrogen) atoms. The van der Waals surface area contributed by atoms with Crippen LogP contribution < -0.4 is 14.5 Å². The van der Waals surface area contributed by atoms with Crippen LogP contribution in [0.5, 0.6) is 6.01 Å². The van der Waals surface area contributed by atoms with Crippen molar-refractivity contribution in [3.8, 4) is 6.01 Å². The van der Waals surface area contributed by atoms with Gasteiger partial charge in [-0.05, 0) is 57.3 Å². The lowest BCUT2D eigenvalue weighted by Gasteiger charge is -2.35. The number of rotatable bonds is 5. The highest BCUT2D eigenvalue weighted by Crippen LogP contribution is 2.37. The smallest absolute Gasteiger partial charge is 0.318 e. The first-order chi connectivity index (χ1) is 18.4. The Morgan fingerprint density at radius 3 is 2.79 bits per heavy atom. The van der Waals surface area contributed by atoms with Gasteiger partial charge in [0.15, 0.2) is 0 Å². The van der Waals surface area contributed by atoms with Gasteiger partial charge in [-0.3, -0.25) is 0 Å². The van der Waals surface area contributed by atoms with Crippen molar-refractivity contribution < 1.29 is 14.6 Å². The van der Waals surface area contributed by atoms with Crippen LogP contribution in [0.25, 0.3) is 10.8 Å². The Labute approximate surface area is 229 Å². The first-order valence-electron chi connectivity index (χ1n) is 13.6. The molecule has 2 atom stereocenters. The fourth-order valence-electron chi connectivity index (χ4n) is 6.00. The highest BCUT2D eigenvalue weighted by molar-refractivity contribution is 6.36. The minimum absolute atomic E-state index is 0.309. The summed E-state index contributed by atoms with van der Waals surface area (Å²) < 4.78 is 11.9. The maximum absolute atomic E-state index is 10.9. The van der Waals surface area contributed by atoms with E-state index in [1.54, 1.807) is 0 Å². The molecule has 2 aromatic carbocycles. The molecular formula is C29H36ClN5O3. The second-order valence-corrected chi connectivity index (χ2v) is 11.5. The highest BCUT2D eigenvalue weighted by Gasteiger charge is 2.33. The minimum atomic E-state index is -0.956. The van der Waals surface area contributed by atoms with Crippen LogP contribution >= 0.6 is 11.6 Å². The zero-order chi connectivity index (χ0) is 26.3. The molecule has 0 bridgehead atoms. The van der Waals surface area contributed by atoms with Gasteiger partial charge < -0.3 is 29.3 Å². The Morgan fingerprint density at radius 1 is 1.13 bits per heavy atom. The van der Waals surface area contributed by atoms with Crippen LogP contribution in [0.2, 0.25) is 5.02 Å². The van der Waals surface area contributed by atoms with E-state index in [-0.39, 0.29) is 0 Å². The number of nitrogens with zero attached hydrogens (tertiary/aromatic N) is 5. The molecule has 4 heterocycles. The summed E-state index contributed by atoms with van der Waals surface area (Å²) in [6.07, 6.45) is 3.10. The molecule has 0 aliphatic carbocycles. The average molecular weight is 538 g/mol. The molecule has 6 rings (SSSR count). The van der Waals surface area contributed by atoms with E-state index >= 15 is 0 Å². The molecule has 3 aliphatic heterocycles. The number of ether oxygens (including phenoxy) is 2. The predicted octanol–water partition coefficient (Wildman–Crippen LogP) is 3.91. The maximum Gasteiger partial charge on any atom is 0.318 e. The number of hydrogen-bond donors (Lipinski definition) is 1. The summed E-state index contributed by atoms with van der Waals surface area (Å²) in [5, 5.41) is 13.8. The lowest BCUT2D eigenvalue weighted by molar-refractivity contribution is -0.0123. The molecule has 1 N–H and O–H groups in total. The van der Waals surface area contributed by atoms with Crippen LogP contribution in [0.15, 0.2) is 36.4 Å². The molecule has 3 aromatic rings. The largest absolute Gasteiger partial charge is 0.462 e. The van der Waals surface area contributed by atoms with Gasteiger partial charge in [0.25, 0.3) is 0 Å². The summed E-state index contributed by atoms with van der Waals surface area (Å²) in [5.74, 6) is 0.853. The van der Waals surface area contributed by atoms with Gasteiger partial charge in [-0.25, -0.2) is 0 Å². The molecule has 0 spiro atoms. The van der Waals surface area contributed by atoms with E-state index in [0.717, 1.165) is 64.5 Å². The molecule has 2 fully saturated rings. The monoisotopic (exact) mass is 537 g/mol. The standard InChI is InChI=1S/C29H36ClN5O3/c1-29(36)18-35(14-15-37-19-29)27-22-11-13-34(25-10-4-7-20-6-3-9-23(30)26(20)25)16-24(22)31-28(32-27)38-17-21-8-5-12-33(21)2/h3-4,6-7,9-10,21,36H,5,8,11-19H2,1-2H3/t21-,29?/m0/s1. The van der Waals surface area contributed by atoms with Crippen LogP contribution in [0.3, 0.4) is 0 Å². The van der Waals surface area contributed by atoms with Crippen molar-refractivity contribution in [2.45, 2.75) is 44.4 Å². The van der Waals surface area contributed by atoms with Gasteiger partial charge in [0.2, 0.25) is 0 Å². The molecule has 9 heteroatoms. The minimum Gasteiger partial charge on any atom is -0.462 e. The number of aliphatic hydroxyl groups is 1. The van der Waals surface area contributed by atoms with Crippen LogP contribution in [0.4, 0.5) is 11.5 Å². The van der Waals surface area contributed by atoms with Crippen molar-refractivity contribution in [2.24, 2.45) is 0 Å². The van der Waals surface area contributed by atoms with Gasteiger partial charge in [0, 0.05) is 35.8 Å². The second kappa shape index (κ2) is 10.5.